The Kier molecular flexibility index (Phi) is 6.25. The Balaban J connectivity index is 1.57. The lowest BCUT2D eigenvalue weighted by Gasteiger charge is -2.29. The number of hydrogen-bond acceptors (Lipinski definition) is 7. The molecule has 1 N–H and O–H groups in total. The minimum Gasteiger partial charge on any atom is -0.390 e. The van der Waals surface area contributed by atoms with Crippen LogP contribution >= 0.6 is 22.9 Å². The van der Waals surface area contributed by atoms with E-state index in [1.54, 1.807) is 6.07 Å². The van der Waals surface area contributed by atoms with Gasteiger partial charge in [-0.05, 0) is 35.9 Å². The highest BCUT2D eigenvalue weighted by Gasteiger charge is 2.21. The fraction of sp³-hybridized carbons (Fsp3) is 0.292. The van der Waals surface area contributed by atoms with Gasteiger partial charge in [0.25, 0.3) is 0 Å². The number of ether oxygens (including phenoxy) is 1. The Morgan fingerprint density at radius 1 is 1.21 bits per heavy atom. The smallest absolute Gasteiger partial charge is 0.134 e. The first-order valence-electron chi connectivity index (χ1n) is 10.7. The number of anilines is 1. The van der Waals surface area contributed by atoms with E-state index < -0.39 is 5.82 Å². The molecule has 1 aliphatic rings. The molecule has 9 heteroatoms. The number of fused-ring (bicyclic) bond motifs is 1. The number of hydrogen-bond donors (Lipinski definition) is 1. The van der Waals surface area contributed by atoms with E-state index in [0.29, 0.717) is 35.2 Å². The maximum Gasteiger partial charge on any atom is 0.134 e. The first kappa shape index (κ1) is 22.2. The zero-order valence-electron chi connectivity index (χ0n) is 18.0. The minimum atomic E-state index is -0.441. The number of aromatic nitrogens is 3. The van der Waals surface area contributed by atoms with Gasteiger partial charge in [-0.15, -0.1) is 11.3 Å². The molecule has 170 valence electrons. The van der Waals surface area contributed by atoms with Crippen LogP contribution in [0.25, 0.3) is 22.2 Å². The second-order valence-corrected chi connectivity index (χ2v) is 9.23. The van der Waals surface area contributed by atoms with E-state index in [1.165, 1.54) is 23.7 Å². The molecule has 0 radical (unpaired) electrons. The molecule has 2 aromatic carbocycles. The third-order valence-electron chi connectivity index (χ3n) is 5.91. The quantitative estimate of drug-likeness (QED) is 0.428. The zero-order valence-corrected chi connectivity index (χ0v) is 19.5. The van der Waals surface area contributed by atoms with E-state index in [2.05, 4.69) is 19.9 Å². The molecule has 0 bridgehead atoms. The second-order valence-electron chi connectivity index (χ2n) is 7.93. The van der Waals surface area contributed by atoms with Crippen molar-refractivity contribution < 1.29 is 14.2 Å². The van der Waals surface area contributed by atoms with Crippen molar-refractivity contribution in [2.75, 3.05) is 31.2 Å². The van der Waals surface area contributed by atoms with E-state index >= 15 is 4.39 Å². The molecule has 3 heterocycles. The SMILES string of the molecule is CC(c1nc(CO)cs1)c1cc(-c2ncnc3cc(N4CCOCC4)ccc23)c(F)cc1Cl. The predicted octanol–water partition coefficient (Wildman–Crippen LogP) is 5.03. The molecule has 2 aromatic heterocycles. The molecule has 1 unspecified atom stereocenters. The summed E-state index contributed by atoms with van der Waals surface area (Å²) in [6.07, 6.45) is 1.46. The van der Waals surface area contributed by atoms with Gasteiger partial charge >= 0.3 is 0 Å². The number of nitrogens with zero attached hydrogens (tertiary/aromatic N) is 4. The normalized spacial score (nSPS) is 15.2. The second kappa shape index (κ2) is 9.30. The Hall–Kier alpha value is -2.65. The summed E-state index contributed by atoms with van der Waals surface area (Å²) in [5, 5.41) is 13.1. The number of thiazole rings is 1. The van der Waals surface area contributed by atoms with E-state index in [4.69, 9.17) is 16.3 Å². The predicted molar refractivity (Wildman–Crippen MR) is 129 cm³/mol. The van der Waals surface area contributed by atoms with Gasteiger partial charge in [0.2, 0.25) is 0 Å². The molecule has 1 saturated heterocycles. The van der Waals surface area contributed by atoms with E-state index in [1.807, 2.05) is 30.5 Å². The lowest BCUT2D eigenvalue weighted by Crippen LogP contribution is -2.36. The fourth-order valence-electron chi connectivity index (χ4n) is 4.08. The van der Waals surface area contributed by atoms with Crippen LogP contribution in [0, 0.1) is 5.82 Å². The molecule has 5 rings (SSSR count). The lowest BCUT2D eigenvalue weighted by molar-refractivity contribution is 0.122. The van der Waals surface area contributed by atoms with Crippen molar-refractivity contribution in [3.8, 4) is 11.3 Å². The van der Waals surface area contributed by atoms with Gasteiger partial charge in [-0.1, -0.05) is 18.5 Å². The fourth-order valence-corrected chi connectivity index (χ4v) is 5.28. The standard InChI is InChI=1S/C24H22ClFN4O2S/c1-14(24-29-15(11-31)12-33-24)18-9-19(21(26)10-20(18)25)23-17-3-2-16(8-22(17)27-13-28-23)30-4-6-32-7-5-30/h2-3,8-10,12-14,31H,4-7,11H2,1H3. The molecule has 1 aliphatic heterocycles. The van der Waals surface area contributed by atoms with Gasteiger partial charge in [-0.25, -0.2) is 19.3 Å². The summed E-state index contributed by atoms with van der Waals surface area (Å²) in [5.74, 6) is -0.605. The summed E-state index contributed by atoms with van der Waals surface area (Å²) in [7, 11) is 0. The van der Waals surface area contributed by atoms with Gasteiger partial charge in [0.15, 0.2) is 0 Å². The molecule has 33 heavy (non-hydrogen) atoms. The summed E-state index contributed by atoms with van der Waals surface area (Å²) in [5.41, 5.74) is 4.06. The number of halogens is 2. The van der Waals surface area contributed by atoms with Crippen LogP contribution in [0.4, 0.5) is 10.1 Å². The van der Waals surface area contributed by atoms with E-state index in [9.17, 15) is 5.11 Å². The van der Waals surface area contributed by atoms with Crippen molar-refractivity contribution in [2.24, 2.45) is 0 Å². The monoisotopic (exact) mass is 484 g/mol. The molecular weight excluding hydrogens is 463 g/mol. The van der Waals surface area contributed by atoms with Crippen LogP contribution in [-0.2, 0) is 11.3 Å². The number of morpholine rings is 1. The Bertz CT molecular complexity index is 1310. The van der Waals surface area contributed by atoms with Crippen LogP contribution in [0.1, 0.15) is 29.1 Å². The molecular formula is C24H22ClFN4O2S. The topological polar surface area (TPSA) is 71.4 Å². The highest BCUT2D eigenvalue weighted by Crippen LogP contribution is 2.38. The molecule has 1 fully saturated rings. The van der Waals surface area contributed by atoms with Crippen LogP contribution in [0.3, 0.4) is 0 Å². The summed E-state index contributed by atoms with van der Waals surface area (Å²) in [6.45, 7) is 4.89. The van der Waals surface area contributed by atoms with Gasteiger partial charge in [-0.2, -0.15) is 0 Å². The third kappa shape index (κ3) is 4.31. The molecule has 4 aromatic rings. The van der Waals surface area contributed by atoms with Gasteiger partial charge in [0.1, 0.15) is 17.2 Å². The number of rotatable bonds is 5. The van der Waals surface area contributed by atoms with Crippen LogP contribution in [0.2, 0.25) is 5.02 Å². The summed E-state index contributed by atoms with van der Waals surface area (Å²) < 4.78 is 20.6. The molecule has 6 nitrogen and oxygen atoms in total. The summed E-state index contributed by atoms with van der Waals surface area (Å²) in [4.78, 5) is 15.6. The first-order valence-corrected chi connectivity index (χ1v) is 11.9. The minimum absolute atomic E-state index is 0.120. The van der Waals surface area contributed by atoms with Crippen molar-refractivity contribution in [3.63, 3.8) is 0 Å². The number of aliphatic hydroxyl groups is 1. The van der Waals surface area contributed by atoms with Crippen molar-refractivity contribution in [3.05, 3.63) is 69.1 Å². The summed E-state index contributed by atoms with van der Waals surface area (Å²) >= 11 is 7.89. The molecule has 0 saturated carbocycles. The Morgan fingerprint density at radius 3 is 2.79 bits per heavy atom. The van der Waals surface area contributed by atoms with Crippen LogP contribution in [0.15, 0.2) is 42.0 Å². The van der Waals surface area contributed by atoms with Crippen molar-refractivity contribution in [1.82, 2.24) is 15.0 Å². The number of benzene rings is 2. The average molecular weight is 485 g/mol. The number of aliphatic hydroxyl groups excluding tert-OH is 1. The first-order chi connectivity index (χ1) is 16.0. The van der Waals surface area contributed by atoms with Crippen LogP contribution < -0.4 is 4.90 Å². The molecule has 0 amide bonds. The Morgan fingerprint density at radius 2 is 2.03 bits per heavy atom. The van der Waals surface area contributed by atoms with E-state index in [-0.39, 0.29) is 12.5 Å². The highest BCUT2D eigenvalue weighted by molar-refractivity contribution is 7.09. The molecule has 1 atom stereocenters. The van der Waals surface area contributed by atoms with Gasteiger partial charge in [0, 0.05) is 46.0 Å². The van der Waals surface area contributed by atoms with Gasteiger partial charge < -0.3 is 14.7 Å². The van der Waals surface area contributed by atoms with Crippen LogP contribution in [-0.4, -0.2) is 46.4 Å². The maximum absolute atomic E-state index is 15.1. The summed E-state index contributed by atoms with van der Waals surface area (Å²) in [6, 6.07) is 9.05. The van der Waals surface area contributed by atoms with Crippen molar-refractivity contribution >= 4 is 39.5 Å². The largest absolute Gasteiger partial charge is 0.390 e. The van der Waals surface area contributed by atoms with Crippen molar-refractivity contribution in [2.45, 2.75) is 19.4 Å². The van der Waals surface area contributed by atoms with E-state index in [0.717, 1.165) is 40.3 Å². The lowest BCUT2D eigenvalue weighted by atomic mass is 9.96. The van der Waals surface area contributed by atoms with Gasteiger partial charge in [-0.3, -0.25) is 0 Å². The maximum atomic E-state index is 15.1. The van der Waals surface area contributed by atoms with Gasteiger partial charge in [0.05, 0.1) is 36.7 Å². The average Bonchev–Trinajstić information content (AvgIpc) is 3.33. The Labute approximate surface area is 199 Å². The van der Waals surface area contributed by atoms with Crippen molar-refractivity contribution in [1.29, 1.82) is 0 Å². The zero-order chi connectivity index (χ0) is 22.9. The van der Waals surface area contributed by atoms with Crippen LogP contribution in [0.5, 0.6) is 0 Å². The molecule has 0 aliphatic carbocycles. The molecule has 0 spiro atoms. The third-order valence-corrected chi connectivity index (χ3v) is 7.31. The highest BCUT2D eigenvalue weighted by atomic mass is 35.5.